The van der Waals surface area contributed by atoms with Crippen molar-refractivity contribution >= 4 is 11.6 Å². The number of hydrogen-bond donors (Lipinski definition) is 2. The molecule has 1 aromatic rings. The van der Waals surface area contributed by atoms with Gasteiger partial charge in [0, 0.05) is 24.1 Å². The summed E-state index contributed by atoms with van der Waals surface area (Å²) >= 11 is 0. The molecular weight excluding hydrogens is 238 g/mol. The van der Waals surface area contributed by atoms with Crippen LogP contribution in [-0.2, 0) is 4.79 Å². The molecule has 0 bridgehead atoms. The lowest BCUT2D eigenvalue weighted by molar-refractivity contribution is -0.115. The lowest BCUT2D eigenvalue weighted by Gasteiger charge is -2.34. The summed E-state index contributed by atoms with van der Waals surface area (Å²) in [6, 6.07) is 4.05. The highest BCUT2D eigenvalue weighted by Crippen LogP contribution is 2.29. The van der Waals surface area contributed by atoms with Gasteiger partial charge in [0.25, 0.3) is 0 Å². The molecule has 4 heteroatoms. The number of carbonyl (C=O) groups excluding carboxylic acids is 1. The molecule has 0 radical (unpaired) electrons. The van der Waals surface area contributed by atoms with Crippen molar-refractivity contribution in [1.29, 1.82) is 0 Å². The van der Waals surface area contributed by atoms with Crippen molar-refractivity contribution in [2.75, 3.05) is 11.9 Å². The highest BCUT2D eigenvalue weighted by Gasteiger charge is 2.26. The van der Waals surface area contributed by atoms with Crippen molar-refractivity contribution < 1.29 is 4.79 Å². The third kappa shape index (κ3) is 4.03. The highest BCUT2D eigenvalue weighted by molar-refractivity contribution is 5.92. The van der Waals surface area contributed by atoms with Crippen LogP contribution in [0.1, 0.15) is 33.1 Å². The molecule has 3 atom stereocenters. The van der Waals surface area contributed by atoms with Gasteiger partial charge in [-0.25, -0.2) is 0 Å². The van der Waals surface area contributed by atoms with E-state index >= 15 is 0 Å². The molecule has 1 saturated carbocycles. The minimum Gasteiger partial charge on any atom is -0.325 e. The van der Waals surface area contributed by atoms with Gasteiger partial charge in [-0.2, -0.15) is 0 Å². The van der Waals surface area contributed by atoms with E-state index in [-0.39, 0.29) is 5.91 Å². The van der Waals surface area contributed by atoms with Gasteiger partial charge in [0.1, 0.15) is 0 Å². The maximum Gasteiger partial charge on any atom is 0.238 e. The summed E-state index contributed by atoms with van der Waals surface area (Å²) in [7, 11) is 0. The Labute approximate surface area is 115 Å². The second-order valence-electron chi connectivity index (χ2n) is 5.54. The first kappa shape index (κ1) is 14.0. The first-order valence-electron chi connectivity index (χ1n) is 7.10. The number of carbonyl (C=O) groups is 1. The van der Waals surface area contributed by atoms with Crippen LogP contribution in [0, 0.1) is 11.8 Å². The van der Waals surface area contributed by atoms with E-state index in [0.717, 1.165) is 11.6 Å². The Balaban J connectivity index is 1.77. The van der Waals surface area contributed by atoms with Crippen molar-refractivity contribution in [2.24, 2.45) is 11.8 Å². The van der Waals surface area contributed by atoms with Crippen LogP contribution in [0.25, 0.3) is 0 Å². The average molecular weight is 261 g/mol. The minimum absolute atomic E-state index is 0.0108. The van der Waals surface area contributed by atoms with Crippen molar-refractivity contribution in [3.8, 4) is 0 Å². The molecule has 0 aromatic carbocycles. The van der Waals surface area contributed by atoms with Crippen LogP contribution >= 0.6 is 0 Å². The number of anilines is 1. The lowest BCUT2D eigenvalue weighted by Crippen LogP contribution is -2.43. The normalized spacial score (nSPS) is 26.9. The molecule has 1 aromatic heterocycles. The van der Waals surface area contributed by atoms with Crippen LogP contribution in [-0.4, -0.2) is 23.5 Å². The van der Waals surface area contributed by atoms with Gasteiger partial charge in [-0.05, 0) is 30.4 Å². The standard InChI is InChI=1S/C15H23N3O/c1-11-4-3-5-14(12(11)2)17-10-15(19)18-13-6-8-16-9-7-13/h6-9,11-12,14,17H,3-5,10H2,1-2H3,(H,16,18,19)/t11-,12+,14+/m1/s1. The van der Waals surface area contributed by atoms with Gasteiger partial charge in [-0.1, -0.05) is 26.7 Å². The van der Waals surface area contributed by atoms with E-state index in [0.29, 0.717) is 18.5 Å². The molecule has 0 unspecified atom stereocenters. The molecule has 1 aliphatic rings. The fourth-order valence-electron chi connectivity index (χ4n) is 2.73. The van der Waals surface area contributed by atoms with E-state index in [2.05, 4.69) is 29.5 Å². The van der Waals surface area contributed by atoms with E-state index in [4.69, 9.17) is 0 Å². The third-order valence-electron chi connectivity index (χ3n) is 4.20. The summed E-state index contributed by atoms with van der Waals surface area (Å²) < 4.78 is 0. The number of pyridine rings is 1. The highest BCUT2D eigenvalue weighted by atomic mass is 16.1. The van der Waals surface area contributed by atoms with Gasteiger partial charge in [-0.3, -0.25) is 9.78 Å². The summed E-state index contributed by atoms with van der Waals surface area (Å²) in [5, 5.41) is 6.26. The molecular formula is C15H23N3O. The van der Waals surface area contributed by atoms with Crippen LogP contribution < -0.4 is 10.6 Å². The molecule has 104 valence electrons. The lowest BCUT2D eigenvalue weighted by atomic mass is 9.78. The van der Waals surface area contributed by atoms with Gasteiger partial charge in [0.05, 0.1) is 6.54 Å². The molecule has 19 heavy (non-hydrogen) atoms. The smallest absolute Gasteiger partial charge is 0.238 e. The first-order chi connectivity index (χ1) is 9.16. The van der Waals surface area contributed by atoms with Crippen molar-refractivity contribution in [2.45, 2.75) is 39.2 Å². The van der Waals surface area contributed by atoms with Crippen LogP contribution in [0.4, 0.5) is 5.69 Å². The van der Waals surface area contributed by atoms with Gasteiger partial charge >= 0.3 is 0 Å². The summed E-state index contributed by atoms with van der Waals surface area (Å²) in [5.41, 5.74) is 0.798. The predicted molar refractivity (Wildman–Crippen MR) is 76.8 cm³/mol. The summed E-state index contributed by atoms with van der Waals surface area (Å²) in [6.07, 6.45) is 7.09. The third-order valence-corrected chi connectivity index (χ3v) is 4.20. The molecule has 1 heterocycles. The van der Waals surface area contributed by atoms with E-state index in [1.807, 2.05) is 0 Å². The average Bonchev–Trinajstić information content (AvgIpc) is 2.42. The fraction of sp³-hybridized carbons (Fsp3) is 0.600. The second-order valence-corrected chi connectivity index (χ2v) is 5.54. The number of aromatic nitrogens is 1. The Hall–Kier alpha value is -1.42. The Morgan fingerprint density at radius 1 is 1.32 bits per heavy atom. The number of nitrogens with one attached hydrogen (secondary N) is 2. The Kier molecular flexibility index (Phi) is 4.91. The zero-order valence-corrected chi connectivity index (χ0v) is 11.7. The molecule has 0 aliphatic heterocycles. The zero-order valence-electron chi connectivity index (χ0n) is 11.7. The second kappa shape index (κ2) is 6.66. The monoisotopic (exact) mass is 261 g/mol. The molecule has 0 spiro atoms. The maximum absolute atomic E-state index is 11.8. The molecule has 1 amide bonds. The van der Waals surface area contributed by atoms with Gasteiger partial charge in [0.2, 0.25) is 5.91 Å². The molecule has 0 saturated heterocycles. The van der Waals surface area contributed by atoms with Crippen molar-refractivity contribution in [1.82, 2.24) is 10.3 Å². The maximum atomic E-state index is 11.8. The van der Waals surface area contributed by atoms with Crippen LogP contribution in [0.5, 0.6) is 0 Å². The first-order valence-corrected chi connectivity index (χ1v) is 7.10. The number of hydrogen-bond acceptors (Lipinski definition) is 3. The van der Waals surface area contributed by atoms with E-state index in [1.54, 1.807) is 24.5 Å². The minimum atomic E-state index is 0.0108. The van der Waals surface area contributed by atoms with Gasteiger partial charge in [0.15, 0.2) is 0 Å². The Bertz CT molecular complexity index is 407. The van der Waals surface area contributed by atoms with Crippen molar-refractivity contribution in [3.63, 3.8) is 0 Å². The van der Waals surface area contributed by atoms with Crippen LogP contribution in [0.3, 0.4) is 0 Å². The quantitative estimate of drug-likeness (QED) is 0.875. The summed E-state index contributed by atoms with van der Waals surface area (Å²) in [5.74, 6) is 1.40. The van der Waals surface area contributed by atoms with E-state index < -0.39 is 0 Å². The van der Waals surface area contributed by atoms with E-state index in [9.17, 15) is 4.79 Å². The fourth-order valence-corrected chi connectivity index (χ4v) is 2.73. The zero-order chi connectivity index (χ0) is 13.7. The number of amides is 1. The summed E-state index contributed by atoms with van der Waals surface area (Å²) in [4.78, 5) is 15.8. The number of nitrogens with zero attached hydrogens (tertiary/aromatic N) is 1. The Morgan fingerprint density at radius 3 is 2.79 bits per heavy atom. The topological polar surface area (TPSA) is 54.0 Å². The molecule has 4 nitrogen and oxygen atoms in total. The summed E-state index contributed by atoms with van der Waals surface area (Å²) in [6.45, 7) is 4.96. The van der Waals surface area contributed by atoms with E-state index in [1.165, 1.54) is 19.3 Å². The predicted octanol–water partition coefficient (Wildman–Crippen LogP) is 2.43. The SMILES string of the molecule is C[C@H]1[C@H](C)CCC[C@@H]1NCC(=O)Nc1ccncc1. The molecule has 1 fully saturated rings. The van der Waals surface area contributed by atoms with Gasteiger partial charge < -0.3 is 10.6 Å². The molecule has 2 N–H and O–H groups in total. The Morgan fingerprint density at radius 2 is 2.05 bits per heavy atom. The van der Waals surface area contributed by atoms with Gasteiger partial charge in [-0.15, -0.1) is 0 Å². The molecule has 1 aliphatic carbocycles. The number of rotatable bonds is 4. The van der Waals surface area contributed by atoms with Crippen molar-refractivity contribution in [3.05, 3.63) is 24.5 Å². The molecule has 2 rings (SSSR count). The van der Waals surface area contributed by atoms with Crippen LogP contribution in [0.2, 0.25) is 0 Å². The van der Waals surface area contributed by atoms with Crippen LogP contribution in [0.15, 0.2) is 24.5 Å². The largest absolute Gasteiger partial charge is 0.325 e.